The van der Waals surface area contributed by atoms with E-state index in [1.54, 1.807) is 0 Å². The number of nitrogens with one attached hydrogen (secondary N) is 1. The third-order valence-electron chi connectivity index (χ3n) is 5.98. The molecule has 0 bridgehead atoms. The van der Waals surface area contributed by atoms with Gasteiger partial charge in [-0.05, 0) is 49.9 Å². The van der Waals surface area contributed by atoms with E-state index in [1.165, 1.54) is 34.4 Å². The number of piperidine rings is 1. The molecule has 1 saturated heterocycles. The highest BCUT2D eigenvalue weighted by atomic mass is 16.3. The van der Waals surface area contributed by atoms with Crippen LogP contribution in [0.15, 0.2) is 36.8 Å². The number of ketones is 1. The number of Topliss-reactive ketones (excluding diaryl/α,β-unsaturated/α-hetero) is 1. The molecular formula is C23H29N5O2. The van der Waals surface area contributed by atoms with Gasteiger partial charge in [0.15, 0.2) is 5.78 Å². The second kappa shape index (κ2) is 8.93. The number of aryl methyl sites for hydroxylation is 2. The first-order valence-electron chi connectivity index (χ1n) is 10.5. The van der Waals surface area contributed by atoms with Gasteiger partial charge in [-0.2, -0.15) is 0 Å². The van der Waals surface area contributed by atoms with Crippen LogP contribution in [0.5, 0.6) is 0 Å². The molecule has 0 saturated carbocycles. The van der Waals surface area contributed by atoms with Gasteiger partial charge in [0.2, 0.25) is 5.95 Å². The van der Waals surface area contributed by atoms with Crippen molar-refractivity contribution in [1.82, 2.24) is 19.9 Å². The number of carbonyl (C=O) groups excluding carboxylic acids is 1. The van der Waals surface area contributed by atoms with Crippen LogP contribution in [0.4, 0.5) is 5.95 Å². The Hall–Kier alpha value is -2.77. The standard InChI is InChI=1S/C23H29N5O2/c1-16-3-4-21-20(9-16)19(14-27(21)2)11-24-10-17-5-7-28(8-6-17)23-25-12-18(13-26-23)22(30)15-29/h3-4,9,12-14,17,24,29H,5-8,10-11,15H2,1-2H3. The molecule has 0 atom stereocenters. The summed E-state index contributed by atoms with van der Waals surface area (Å²) >= 11 is 0. The van der Waals surface area contributed by atoms with Gasteiger partial charge < -0.3 is 19.9 Å². The number of nitrogens with zero attached hydrogens (tertiary/aromatic N) is 4. The number of anilines is 1. The van der Waals surface area contributed by atoms with Gasteiger partial charge in [0.05, 0.1) is 5.56 Å². The number of aliphatic hydroxyl groups excluding tert-OH is 1. The summed E-state index contributed by atoms with van der Waals surface area (Å²) in [5, 5.41) is 13.9. The maximum Gasteiger partial charge on any atom is 0.225 e. The molecule has 0 amide bonds. The molecule has 0 aliphatic carbocycles. The summed E-state index contributed by atoms with van der Waals surface area (Å²) in [7, 11) is 2.10. The zero-order valence-corrected chi connectivity index (χ0v) is 17.6. The molecule has 0 radical (unpaired) electrons. The molecule has 1 fully saturated rings. The summed E-state index contributed by atoms with van der Waals surface area (Å²) in [5.74, 6) is 0.933. The number of hydrogen-bond acceptors (Lipinski definition) is 6. The van der Waals surface area contributed by atoms with Crippen LogP contribution in [-0.4, -0.2) is 51.7 Å². The van der Waals surface area contributed by atoms with Gasteiger partial charge in [-0.3, -0.25) is 4.79 Å². The van der Waals surface area contributed by atoms with Crippen LogP contribution < -0.4 is 10.2 Å². The molecule has 3 heterocycles. The lowest BCUT2D eigenvalue weighted by Gasteiger charge is -2.32. The fourth-order valence-corrected chi connectivity index (χ4v) is 4.20. The van der Waals surface area contributed by atoms with Crippen LogP contribution in [0.1, 0.15) is 34.3 Å². The van der Waals surface area contributed by atoms with Gasteiger partial charge >= 0.3 is 0 Å². The topological polar surface area (TPSA) is 83.3 Å². The number of benzene rings is 1. The van der Waals surface area contributed by atoms with Gasteiger partial charge in [0.25, 0.3) is 0 Å². The summed E-state index contributed by atoms with van der Waals surface area (Å²) in [6, 6.07) is 6.62. The van der Waals surface area contributed by atoms with Crippen LogP contribution in [-0.2, 0) is 13.6 Å². The lowest BCUT2D eigenvalue weighted by atomic mass is 9.97. The van der Waals surface area contributed by atoms with E-state index in [0.29, 0.717) is 17.4 Å². The quantitative estimate of drug-likeness (QED) is 0.586. The number of fused-ring (bicyclic) bond motifs is 1. The smallest absolute Gasteiger partial charge is 0.225 e. The number of aliphatic hydroxyl groups is 1. The number of rotatable bonds is 7. The normalized spacial score (nSPS) is 15.1. The summed E-state index contributed by atoms with van der Waals surface area (Å²) in [6.45, 7) is 5.32. The Morgan fingerprint density at radius 1 is 1.23 bits per heavy atom. The lowest BCUT2D eigenvalue weighted by molar-refractivity contribution is 0.0903. The predicted molar refractivity (Wildman–Crippen MR) is 118 cm³/mol. The summed E-state index contributed by atoms with van der Waals surface area (Å²) < 4.78 is 2.20. The Labute approximate surface area is 176 Å². The Balaban J connectivity index is 1.27. The van der Waals surface area contributed by atoms with Crippen molar-refractivity contribution in [3.8, 4) is 0 Å². The minimum atomic E-state index is -0.514. The Bertz CT molecular complexity index is 1020. The number of aromatic nitrogens is 3. The molecule has 2 N–H and O–H groups in total. The number of hydrogen-bond donors (Lipinski definition) is 2. The van der Waals surface area contributed by atoms with E-state index < -0.39 is 6.61 Å². The molecule has 7 nitrogen and oxygen atoms in total. The molecular weight excluding hydrogens is 378 g/mol. The highest BCUT2D eigenvalue weighted by molar-refractivity contribution is 5.96. The fourth-order valence-electron chi connectivity index (χ4n) is 4.20. The van der Waals surface area contributed by atoms with Crippen molar-refractivity contribution in [1.29, 1.82) is 0 Å². The Morgan fingerprint density at radius 3 is 2.67 bits per heavy atom. The molecule has 1 aromatic carbocycles. The van der Waals surface area contributed by atoms with E-state index in [2.05, 4.69) is 63.1 Å². The van der Waals surface area contributed by atoms with Gasteiger partial charge in [-0.15, -0.1) is 0 Å². The van der Waals surface area contributed by atoms with E-state index in [-0.39, 0.29) is 5.78 Å². The maximum atomic E-state index is 11.5. The molecule has 3 aromatic rings. The van der Waals surface area contributed by atoms with E-state index in [9.17, 15) is 4.79 Å². The minimum Gasteiger partial charge on any atom is -0.388 e. The molecule has 2 aromatic heterocycles. The molecule has 1 aliphatic heterocycles. The predicted octanol–water partition coefficient (Wildman–Crippen LogP) is 2.46. The van der Waals surface area contributed by atoms with Crippen molar-refractivity contribution in [2.75, 3.05) is 31.1 Å². The van der Waals surface area contributed by atoms with Crippen molar-refractivity contribution in [3.05, 3.63) is 53.5 Å². The van der Waals surface area contributed by atoms with E-state index in [4.69, 9.17) is 5.11 Å². The van der Waals surface area contributed by atoms with Crippen LogP contribution in [0.3, 0.4) is 0 Å². The van der Waals surface area contributed by atoms with Crippen molar-refractivity contribution in [2.24, 2.45) is 13.0 Å². The molecule has 30 heavy (non-hydrogen) atoms. The SMILES string of the molecule is Cc1ccc2c(c1)c(CNCC1CCN(c3ncc(C(=O)CO)cn3)CC1)cn2C. The third-order valence-corrected chi connectivity index (χ3v) is 5.98. The maximum absolute atomic E-state index is 11.5. The summed E-state index contributed by atoms with van der Waals surface area (Å²) in [6.07, 6.45) is 7.40. The molecule has 158 valence electrons. The first kappa shape index (κ1) is 20.5. The van der Waals surface area contributed by atoms with Crippen LogP contribution >= 0.6 is 0 Å². The highest BCUT2D eigenvalue weighted by Gasteiger charge is 2.21. The van der Waals surface area contributed by atoms with Gasteiger partial charge in [0, 0.05) is 56.2 Å². The summed E-state index contributed by atoms with van der Waals surface area (Å²) in [5.41, 5.74) is 4.26. The Morgan fingerprint density at radius 2 is 1.97 bits per heavy atom. The van der Waals surface area contributed by atoms with Crippen molar-refractivity contribution in [3.63, 3.8) is 0 Å². The van der Waals surface area contributed by atoms with Crippen LogP contribution in [0, 0.1) is 12.8 Å². The number of carbonyl (C=O) groups is 1. The lowest BCUT2D eigenvalue weighted by Crippen LogP contribution is -2.38. The van der Waals surface area contributed by atoms with Gasteiger partial charge in [-0.1, -0.05) is 11.6 Å². The molecule has 1 aliphatic rings. The average Bonchev–Trinajstić information content (AvgIpc) is 3.08. The largest absolute Gasteiger partial charge is 0.388 e. The van der Waals surface area contributed by atoms with E-state index in [0.717, 1.165) is 39.0 Å². The monoisotopic (exact) mass is 407 g/mol. The van der Waals surface area contributed by atoms with Crippen LogP contribution in [0.2, 0.25) is 0 Å². The zero-order chi connectivity index (χ0) is 21.1. The minimum absolute atomic E-state index is 0.351. The third kappa shape index (κ3) is 4.37. The fraction of sp³-hybridized carbons (Fsp3) is 0.435. The van der Waals surface area contributed by atoms with E-state index >= 15 is 0 Å². The first-order valence-corrected chi connectivity index (χ1v) is 10.5. The average molecular weight is 408 g/mol. The second-order valence-corrected chi connectivity index (χ2v) is 8.20. The van der Waals surface area contributed by atoms with Gasteiger partial charge in [0.1, 0.15) is 6.61 Å². The van der Waals surface area contributed by atoms with E-state index in [1.807, 2.05) is 0 Å². The highest BCUT2D eigenvalue weighted by Crippen LogP contribution is 2.23. The van der Waals surface area contributed by atoms with Crippen LogP contribution in [0.25, 0.3) is 10.9 Å². The second-order valence-electron chi connectivity index (χ2n) is 8.20. The van der Waals surface area contributed by atoms with Crippen molar-refractivity contribution >= 4 is 22.6 Å². The zero-order valence-electron chi connectivity index (χ0n) is 17.6. The molecule has 4 rings (SSSR count). The van der Waals surface area contributed by atoms with Crippen molar-refractivity contribution in [2.45, 2.75) is 26.3 Å². The Kier molecular flexibility index (Phi) is 6.11. The molecule has 7 heteroatoms. The molecule has 0 unspecified atom stereocenters. The molecule has 0 spiro atoms. The first-order chi connectivity index (χ1) is 14.5. The van der Waals surface area contributed by atoms with Gasteiger partial charge in [-0.25, -0.2) is 9.97 Å². The summed E-state index contributed by atoms with van der Waals surface area (Å²) in [4.78, 5) is 22.3. The van der Waals surface area contributed by atoms with Crippen molar-refractivity contribution < 1.29 is 9.90 Å².